The number of ether oxygens (including phenoxy) is 2. The molecule has 3 heterocycles. The monoisotopic (exact) mass is 726 g/mol. The van der Waals surface area contributed by atoms with Gasteiger partial charge < -0.3 is 45.5 Å². The van der Waals surface area contributed by atoms with Crippen LogP contribution < -0.4 is 16.0 Å². The second kappa shape index (κ2) is 16.5. The molecular formula is C42H42N6O6. The number of carbonyl (C=O) groups excluding carboxylic acids is 3. The number of aliphatic hydroxyl groups excluding tert-OH is 1. The fraction of sp³-hybridized carbons (Fsp3) is 0.214. The zero-order valence-electron chi connectivity index (χ0n) is 29.7. The van der Waals surface area contributed by atoms with Gasteiger partial charge in [0.1, 0.15) is 18.7 Å². The number of hydrogen-bond acceptors (Lipinski definition) is 6. The number of aromatic amines is 3. The fourth-order valence-corrected chi connectivity index (χ4v) is 6.85. The van der Waals surface area contributed by atoms with Crippen molar-refractivity contribution in [1.29, 1.82) is 0 Å². The Labute approximate surface area is 311 Å². The van der Waals surface area contributed by atoms with Crippen LogP contribution in [0.15, 0.2) is 122 Å². The Morgan fingerprint density at radius 2 is 1.04 bits per heavy atom. The first kappa shape index (κ1) is 36.0. The SMILES string of the molecule is COC(O)[C@H](Cc1c[nH]c2ccccc12)NC(=O)[C@H](Cc1c[nH]c2ccccc12)NC(=O)[C@H](Cc1c[nH]c2ccccc12)NC(=O)OCc1ccccc1. The van der Waals surface area contributed by atoms with Gasteiger partial charge >= 0.3 is 6.09 Å². The van der Waals surface area contributed by atoms with Crippen molar-refractivity contribution in [3.05, 3.63) is 144 Å². The van der Waals surface area contributed by atoms with Gasteiger partial charge in [-0.05, 0) is 46.9 Å². The number of para-hydroxylation sites is 3. The second-order valence-electron chi connectivity index (χ2n) is 13.3. The van der Waals surface area contributed by atoms with Crippen molar-refractivity contribution in [3.63, 3.8) is 0 Å². The molecule has 0 radical (unpaired) electrons. The van der Waals surface area contributed by atoms with E-state index in [-0.39, 0.29) is 25.9 Å². The zero-order valence-corrected chi connectivity index (χ0v) is 29.7. The predicted molar refractivity (Wildman–Crippen MR) is 206 cm³/mol. The molecule has 3 aromatic heterocycles. The minimum Gasteiger partial charge on any atom is -0.445 e. The minimum atomic E-state index is -1.34. The van der Waals surface area contributed by atoms with E-state index in [2.05, 4.69) is 30.9 Å². The first-order valence-corrected chi connectivity index (χ1v) is 17.8. The van der Waals surface area contributed by atoms with Crippen molar-refractivity contribution in [2.24, 2.45) is 0 Å². The summed E-state index contributed by atoms with van der Waals surface area (Å²) in [6, 6.07) is 29.3. The Kier molecular flexibility index (Phi) is 11.0. The van der Waals surface area contributed by atoms with E-state index in [0.717, 1.165) is 55.0 Å². The van der Waals surface area contributed by atoms with E-state index in [4.69, 9.17) is 9.47 Å². The number of nitrogens with one attached hydrogen (secondary N) is 6. The summed E-state index contributed by atoms with van der Waals surface area (Å²) < 4.78 is 10.8. The van der Waals surface area contributed by atoms with E-state index in [9.17, 15) is 19.5 Å². The van der Waals surface area contributed by atoms with Crippen LogP contribution in [0.25, 0.3) is 32.7 Å². The summed E-state index contributed by atoms with van der Waals surface area (Å²) >= 11 is 0. The maximum Gasteiger partial charge on any atom is 0.408 e. The highest BCUT2D eigenvalue weighted by Crippen LogP contribution is 2.23. The maximum atomic E-state index is 14.3. The third-order valence-corrected chi connectivity index (χ3v) is 9.68. The number of benzene rings is 4. The minimum absolute atomic E-state index is 0.0132. The molecule has 7 aromatic rings. The van der Waals surface area contributed by atoms with Crippen molar-refractivity contribution in [3.8, 4) is 0 Å². The number of aliphatic hydroxyl groups is 1. The van der Waals surface area contributed by atoms with Gasteiger partial charge in [-0.15, -0.1) is 0 Å². The summed E-state index contributed by atoms with van der Waals surface area (Å²) in [5.74, 6) is -1.12. The number of rotatable bonds is 15. The van der Waals surface area contributed by atoms with Crippen LogP contribution >= 0.6 is 0 Å². The number of alkyl carbamates (subject to hydrolysis) is 1. The van der Waals surface area contributed by atoms with E-state index in [0.29, 0.717) is 0 Å². The van der Waals surface area contributed by atoms with E-state index >= 15 is 0 Å². The molecule has 4 aromatic carbocycles. The standard InChI is InChI=1S/C42H42N6O6/c1-53-41(51)38(21-29-24-45-35-18-10-7-15-32(29)35)47-39(49)36(19-27-22-43-33-16-8-5-13-30(27)33)46-40(50)37(20-28-23-44-34-17-9-6-14-31(28)34)48-42(52)54-25-26-11-3-2-4-12-26/h2-18,22-24,36-38,41,43-45,51H,19-21,25H2,1H3,(H,46,50)(H,47,49)(H,48,52)/t36-,37-,38-,41?/m0/s1. The first-order valence-electron chi connectivity index (χ1n) is 17.8. The first-order chi connectivity index (χ1) is 26.4. The van der Waals surface area contributed by atoms with Crippen LogP contribution in [-0.2, 0) is 44.9 Å². The molecule has 12 nitrogen and oxygen atoms in total. The molecule has 276 valence electrons. The lowest BCUT2D eigenvalue weighted by molar-refractivity contribution is -0.135. The quantitative estimate of drug-likeness (QED) is 0.0699. The third kappa shape index (κ3) is 8.30. The Balaban J connectivity index is 1.16. The van der Waals surface area contributed by atoms with Gasteiger partial charge in [0.15, 0.2) is 6.29 Å². The van der Waals surface area contributed by atoms with Crippen LogP contribution in [0.5, 0.6) is 0 Å². The van der Waals surface area contributed by atoms with Gasteiger partial charge in [-0.2, -0.15) is 0 Å². The van der Waals surface area contributed by atoms with Crippen LogP contribution in [0.2, 0.25) is 0 Å². The molecule has 0 aliphatic heterocycles. The fourth-order valence-electron chi connectivity index (χ4n) is 6.85. The summed E-state index contributed by atoms with van der Waals surface area (Å²) in [6.45, 7) is 0.0132. The Hall–Kier alpha value is -6.37. The van der Waals surface area contributed by atoms with E-state index in [1.54, 1.807) is 6.20 Å². The van der Waals surface area contributed by atoms with E-state index in [1.165, 1.54) is 7.11 Å². The van der Waals surface area contributed by atoms with E-state index in [1.807, 2.05) is 116 Å². The molecule has 3 amide bonds. The van der Waals surface area contributed by atoms with Crippen molar-refractivity contribution in [2.75, 3.05) is 7.11 Å². The van der Waals surface area contributed by atoms with Gasteiger partial charge in [0.25, 0.3) is 0 Å². The summed E-state index contributed by atoms with van der Waals surface area (Å²) in [5.41, 5.74) is 5.95. The molecule has 4 atom stereocenters. The van der Waals surface area contributed by atoms with Crippen LogP contribution in [0, 0.1) is 0 Å². The van der Waals surface area contributed by atoms with Gasteiger partial charge in [0, 0.05) is 71.3 Å². The molecule has 0 saturated carbocycles. The van der Waals surface area contributed by atoms with Gasteiger partial charge in [-0.25, -0.2) is 4.79 Å². The third-order valence-electron chi connectivity index (χ3n) is 9.68. The molecule has 12 heteroatoms. The molecule has 0 saturated heterocycles. The lowest BCUT2D eigenvalue weighted by atomic mass is 10.0. The van der Waals surface area contributed by atoms with E-state index < -0.39 is 42.3 Å². The van der Waals surface area contributed by atoms with Crippen molar-refractivity contribution >= 4 is 50.6 Å². The predicted octanol–water partition coefficient (Wildman–Crippen LogP) is 5.39. The normalized spacial score (nSPS) is 13.7. The summed E-state index contributed by atoms with van der Waals surface area (Å²) in [7, 11) is 1.36. The van der Waals surface area contributed by atoms with Crippen molar-refractivity contribution in [2.45, 2.75) is 50.3 Å². The molecule has 1 unspecified atom stereocenters. The second-order valence-corrected chi connectivity index (χ2v) is 13.3. The number of aromatic nitrogens is 3. The smallest absolute Gasteiger partial charge is 0.408 e. The Morgan fingerprint density at radius 1 is 0.593 bits per heavy atom. The lowest BCUT2D eigenvalue weighted by Crippen LogP contribution is -2.57. The molecule has 0 spiro atoms. The van der Waals surface area contributed by atoms with Crippen LogP contribution in [0.1, 0.15) is 22.3 Å². The van der Waals surface area contributed by atoms with Crippen LogP contribution in [-0.4, -0.2) is 69.5 Å². The molecule has 0 bridgehead atoms. The Bertz CT molecular complexity index is 2360. The van der Waals surface area contributed by atoms with Crippen molar-refractivity contribution in [1.82, 2.24) is 30.9 Å². The molecule has 54 heavy (non-hydrogen) atoms. The molecule has 0 aliphatic rings. The maximum absolute atomic E-state index is 14.3. The highest BCUT2D eigenvalue weighted by Gasteiger charge is 2.32. The molecule has 7 rings (SSSR count). The number of amides is 3. The average molecular weight is 727 g/mol. The largest absolute Gasteiger partial charge is 0.445 e. The number of H-pyrrole nitrogens is 3. The Morgan fingerprint density at radius 3 is 1.56 bits per heavy atom. The van der Waals surface area contributed by atoms with Crippen molar-refractivity contribution < 1.29 is 29.0 Å². The van der Waals surface area contributed by atoms with Gasteiger partial charge in [-0.3, -0.25) is 9.59 Å². The summed E-state index contributed by atoms with van der Waals surface area (Å²) in [6.07, 6.45) is 3.81. The van der Waals surface area contributed by atoms with Crippen LogP contribution in [0.4, 0.5) is 4.79 Å². The number of carbonyl (C=O) groups is 3. The van der Waals surface area contributed by atoms with Crippen LogP contribution in [0.3, 0.4) is 0 Å². The lowest BCUT2D eigenvalue weighted by Gasteiger charge is -2.27. The summed E-state index contributed by atoms with van der Waals surface area (Å²) in [5, 5.41) is 22.3. The summed E-state index contributed by atoms with van der Waals surface area (Å²) in [4.78, 5) is 51.6. The molecule has 0 aliphatic carbocycles. The average Bonchev–Trinajstić information content (AvgIpc) is 3.93. The number of fused-ring (bicyclic) bond motifs is 3. The molecular weight excluding hydrogens is 684 g/mol. The van der Waals surface area contributed by atoms with Gasteiger partial charge in [0.2, 0.25) is 11.8 Å². The van der Waals surface area contributed by atoms with Gasteiger partial charge in [-0.1, -0.05) is 84.9 Å². The zero-order chi connectivity index (χ0) is 37.4. The molecule has 0 fully saturated rings. The number of methoxy groups -OCH3 is 1. The highest BCUT2D eigenvalue weighted by molar-refractivity contribution is 5.93. The van der Waals surface area contributed by atoms with Gasteiger partial charge in [0.05, 0.1) is 6.04 Å². The highest BCUT2D eigenvalue weighted by atomic mass is 16.6. The topological polar surface area (TPSA) is 173 Å². The molecule has 7 N–H and O–H groups in total. The number of hydrogen-bond donors (Lipinski definition) is 7.